The molecular weight excluding hydrogens is 282 g/mol. The highest BCUT2D eigenvalue weighted by molar-refractivity contribution is 7.91. The fourth-order valence-electron chi connectivity index (χ4n) is 3.34. The van der Waals surface area contributed by atoms with Crippen LogP contribution in [-0.2, 0) is 24.1 Å². The number of methoxy groups -OCH3 is 1. The van der Waals surface area contributed by atoms with E-state index in [0.29, 0.717) is 25.8 Å². The van der Waals surface area contributed by atoms with Crippen molar-refractivity contribution in [2.75, 3.05) is 26.5 Å². The Bertz CT molecular complexity index is 457. The molecule has 20 heavy (non-hydrogen) atoms. The molecule has 2 aliphatic rings. The molecule has 0 radical (unpaired) electrons. The maximum atomic E-state index is 12.2. The number of hydrogen-bond donors (Lipinski definition) is 1. The van der Waals surface area contributed by atoms with Gasteiger partial charge in [0.15, 0.2) is 9.84 Å². The summed E-state index contributed by atoms with van der Waals surface area (Å²) in [6.07, 6.45) is 4.87. The van der Waals surface area contributed by atoms with Gasteiger partial charge in [0.1, 0.15) is 5.54 Å². The summed E-state index contributed by atoms with van der Waals surface area (Å²) < 4.78 is 34.4. The Morgan fingerprint density at radius 2 is 2.15 bits per heavy atom. The molecule has 6 nitrogen and oxygen atoms in total. The Morgan fingerprint density at radius 1 is 1.40 bits per heavy atom. The smallest absolute Gasteiger partial charge is 0.327 e. The van der Waals surface area contributed by atoms with Gasteiger partial charge in [-0.15, -0.1) is 0 Å². The number of carbonyl (C=O) groups excluding carboxylic acids is 1. The van der Waals surface area contributed by atoms with Gasteiger partial charge in [0.05, 0.1) is 18.5 Å². The van der Waals surface area contributed by atoms with Gasteiger partial charge >= 0.3 is 5.97 Å². The minimum absolute atomic E-state index is 0.0531. The third-order valence-electron chi connectivity index (χ3n) is 4.32. The molecule has 1 N–H and O–H groups in total. The fraction of sp³-hybridized carbons (Fsp3) is 0.923. The van der Waals surface area contributed by atoms with E-state index in [1.54, 1.807) is 0 Å². The third kappa shape index (κ3) is 2.99. The number of nitrogens with one attached hydrogen (secondary N) is 1. The quantitative estimate of drug-likeness (QED) is 0.734. The van der Waals surface area contributed by atoms with Gasteiger partial charge in [-0.25, -0.2) is 8.42 Å². The lowest BCUT2D eigenvalue weighted by molar-refractivity contribution is -0.148. The first kappa shape index (κ1) is 15.7. The van der Waals surface area contributed by atoms with E-state index < -0.39 is 26.6 Å². The van der Waals surface area contributed by atoms with Crippen LogP contribution in [0.3, 0.4) is 0 Å². The second kappa shape index (κ2) is 5.99. The standard InChI is InChI=1S/C13H23NO5S/c1-18-12(15)13(14-9-10-5-4-8-19-10)7-3-6-11(13)20(2,16)17/h10-11,14H,3-9H2,1-2H3. The van der Waals surface area contributed by atoms with Crippen molar-refractivity contribution in [2.45, 2.75) is 49.0 Å². The predicted molar refractivity (Wildman–Crippen MR) is 74.2 cm³/mol. The normalized spacial score (nSPS) is 34.3. The summed E-state index contributed by atoms with van der Waals surface area (Å²) in [6.45, 7) is 1.22. The molecule has 0 spiro atoms. The predicted octanol–water partition coefficient (Wildman–Crippen LogP) is 0.264. The maximum absolute atomic E-state index is 12.2. The zero-order valence-corrected chi connectivity index (χ0v) is 12.9. The van der Waals surface area contributed by atoms with E-state index >= 15 is 0 Å². The topological polar surface area (TPSA) is 81.7 Å². The van der Waals surface area contributed by atoms with Crippen molar-refractivity contribution in [2.24, 2.45) is 0 Å². The summed E-state index contributed by atoms with van der Waals surface area (Å²) >= 11 is 0. The van der Waals surface area contributed by atoms with Gasteiger partial charge in [-0.1, -0.05) is 0 Å². The lowest BCUT2D eigenvalue weighted by atomic mass is 9.96. The van der Waals surface area contributed by atoms with Gasteiger partial charge in [0.2, 0.25) is 0 Å². The van der Waals surface area contributed by atoms with Crippen LogP contribution in [0.25, 0.3) is 0 Å². The van der Waals surface area contributed by atoms with Gasteiger partial charge < -0.3 is 9.47 Å². The zero-order valence-electron chi connectivity index (χ0n) is 12.1. The second-order valence-corrected chi connectivity index (χ2v) is 7.92. The molecule has 1 aliphatic carbocycles. The molecule has 0 aromatic carbocycles. The first-order chi connectivity index (χ1) is 9.40. The molecule has 1 aliphatic heterocycles. The minimum Gasteiger partial charge on any atom is -0.468 e. The van der Waals surface area contributed by atoms with Crippen LogP contribution in [0.15, 0.2) is 0 Å². The molecular formula is C13H23NO5S. The van der Waals surface area contributed by atoms with Crippen molar-refractivity contribution >= 4 is 15.8 Å². The highest BCUT2D eigenvalue weighted by atomic mass is 32.2. The van der Waals surface area contributed by atoms with E-state index in [1.165, 1.54) is 13.4 Å². The summed E-state index contributed by atoms with van der Waals surface area (Å²) in [5.74, 6) is -0.483. The first-order valence-electron chi connectivity index (χ1n) is 7.04. The Balaban J connectivity index is 2.18. The molecule has 2 fully saturated rings. The molecule has 116 valence electrons. The Hall–Kier alpha value is -0.660. The number of sulfone groups is 1. The van der Waals surface area contributed by atoms with Gasteiger partial charge in [0.25, 0.3) is 0 Å². The fourth-order valence-corrected chi connectivity index (χ4v) is 4.97. The van der Waals surface area contributed by atoms with E-state index in [0.717, 1.165) is 19.4 Å². The Kier molecular flexibility index (Phi) is 4.71. The molecule has 2 rings (SSSR count). The van der Waals surface area contributed by atoms with Gasteiger partial charge in [-0.3, -0.25) is 10.1 Å². The average molecular weight is 305 g/mol. The summed E-state index contributed by atoms with van der Waals surface area (Å²) in [6, 6.07) is 0. The van der Waals surface area contributed by atoms with Crippen LogP contribution >= 0.6 is 0 Å². The number of carbonyl (C=O) groups is 1. The van der Waals surface area contributed by atoms with Crippen LogP contribution < -0.4 is 5.32 Å². The third-order valence-corrected chi connectivity index (χ3v) is 5.99. The van der Waals surface area contributed by atoms with Crippen molar-refractivity contribution in [3.63, 3.8) is 0 Å². The van der Waals surface area contributed by atoms with Crippen molar-refractivity contribution < 1.29 is 22.7 Å². The van der Waals surface area contributed by atoms with Crippen LogP contribution in [-0.4, -0.2) is 57.8 Å². The lowest BCUT2D eigenvalue weighted by Gasteiger charge is -2.33. The van der Waals surface area contributed by atoms with Crippen LogP contribution in [0.1, 0.15) is 32.1 Å². The highest BCUT2D eigenvalue weighted by Crippen LogP contribution is 2.36. The number of rotatable bonds is 5. The summed E-state index contributed by atoms with van der Waals surface area (Å²) in [7, 11) is -2.01. The molecule has 3 atom stereocenters. The molecule has 0 amide bonds. The largest absolute Gasteiger partial charge is 0.468 e. The Labute approximate surface area is 120 Å². The molecule has 1 saturated heterocycles. The minimum atomic E-state index is -3.32. The van der Waals surface area contributed by atoms with Crippen molar-refractivity contribution in [1.82, 2.24) is 5.32 Å². The Morgan fingerprint density at radius 3 is 2.70 bits per heavy atom. The molecule has 3 unspecified atom stereocenters. The molecule has 0 aromatic rings. The molecule has 7 heteroatoms. The van der Waals surface area contributed by atoms with Gasteiger partial charge in [-0.05, 0) is 32.1 Å². The first-order valence-corrected chi connectivity index (χ1v) is 8.99. The number of esters is 1. The van der Waals surface area contributed by atoms with E-state index in [-0.39, 0.29) is 6.10 Å². The number of ether oxygens (including phenoxy) is 2. The monoisotopic (exact) mass is 305 g/mol. The van der Waals surface area contributed by atoms with Crippen LogP contribution in [0.4, 0.5) is 0 Å². The second-order valence-electron chi connectivity index (χ2n) is 5.69. The van der Waals surface area contributed by atoms with E-state index in [1.807, 2.05) is 0 Å². The number of hydrogen-bond acceptors (Lipinski definition) is 6. The van der Waals surface area contributed by atoms with Crippen molar-refractivity contribution in [1.29, 1.82) is 0 Å². The summed E-state index contributed by atoms with van der Waals surface area (Å²) in [5, 5.41) is 2.45. The SMILES string of the molecule is COC(=O)C1(NCC2CCCO2)CCCC1S(C)(=O)=O. The molecule has 1 saturated carbocycles. The average Bonchev–Trinajstić information content (AvgIpc) is 3.04. The van der Waals surface area contributed by atoms with Crippen LogP contribution in [0, 0.1) is 0 Å². The van der Waals surface area contributed by atoms with Crippen molar-refractivity contribution in [3.05, 3.63) is 0 Å². The molecule has 1 heterocycles. The highest BCUT2D eigenvalue weighted by Gasteiger charge is 2.54. The van der Waals surface area contributed by atoms with Crippen LogP contribution in [0.2, 0.25) is 0 Å². The summed E-state index contributed by atoms with van der Waals surface area (Å²) in [4.78, 5) is 12.2. The van der Waals surface area contributed by atoms with Gasteiger partial charge in [-0.2, -0.15) is 0 Å². The van der Waals surface area contributed by atoms with Crippen LogP contribution in [0.5, 0.6) is 0 Å². The van der Waals surface area contributed by atoms with E-state index in [2.05, 4.69) is 5.32 Å². The zero-order chi connectivity index (χ0) is 14.8. The molecule has 0 bridgehead atoms. The van der Waals surface area contributed by atoms with Crippen molar-refractivity contribution in [3.8, 4) is 0 Å². The maximum Gasteiger partial charge on any atom is 0.327 e. The molecule has 0 aromatic heterocycles. The van der Waals surface area contributed by atoms with E-state index in [4.69, 9.17) is 9.47 Å². The van der Waals surface area contributed by atoms with Gasteiger partial charge in [0, 0.05) is 19.4 Å². The summed E-state index contributed by atoms with van der Waals surface area (Å²) in [5.41, 5.74) is -1.12. The lowest BCUT2D eigenvalue weighted by Crippen LogP contribution is -2.61. The van der Waals surface area contributed by atoms with E-state index in [9.17, 15) is 13.2 Å².